The van der Waals surface area contributed by atoms with E-state index in [4.69, 9.17) is 0 Å². The van der Waals surface area contributed by atoms with Crippen LogP contribution in [-0.4, -0.2) is 27.4 Å². The van der Waals surface area contributed by atoms with Gasteiger partial charge in [0.1, 0.15) is 0 Å². The Morgan fingerprint density at radius 1 is 1.08 bits per heavy atom. The van der Waals surface area contributed by atoms with E-state index in [1.807, 2.05) is 42.5 Å². The van der Waals surface area contributed by atoms with Gasteiger partial charge in [-0.3, -0.25) is 4.79 Å². The molecule has 0 bridgehead atoms. The van der Waals surface area contributed by atoms with Crippen LogP contribution in [-0.2, 0) is 6.42 Å². The zero-order valence-corrected chi connectivity index (χ0v) is 14.2. The monoisotopic (exact) mass is 348 g/mol. The molecule has 4 rings (SSSR count). The van der Waals surface area contributed by atoms with E-state index < -0.39 is 0 Å². The van der Waals surface area contributed by atoms with Gasteiger partial charge in [0, 0.05) is 11.2 Å². The lowest BCUT2D eigenvalue weighted by Crippen LogP contribution is -2.26. The molecule has 0 fully saturated rings. The topological polar surface area (TPSA) is 59.8 Å². The molecule has 2 aromatic carbocycles. The Morgan fingerprint density at radius 3 is 2.76 bits per heavy atom. The molecule has 0 saturated heterocycles. The predicted octanol–water partition coefficient (Wildman–Crippen LogP) is 3.45. The van der Waals surface area contributed by atoms with Crippen LogP contribution < -0.4 is 5.32 Å². The third-order valence-electron chi connectivity index (χ3n) is 3.99. The summed E-state index contributed by atoms with van der Waals surface area (Å²) in [7, 11) is 0. The average molecular weight is 348 g/mol. The lowest BCUT2D eigenvalue weighted by molar-refractivity contribution is 0.0949. The van der Waals surface area contributed by atoms with Crippen LogP contribution in [0.15, 0.2) is 66.2 Å². The number of hydrogen-bond donors (Lipinski definition) is 1. The highest BCUT2D eigenvalue weighted by Crippen LogP contribution is 2.25. The highest BCUT2D eigenvalue weighted by molar-refractivity contribution is 7.17. The number of aromatic nitrogens is 3. The van der Waals surface area contributed by atoms with E-state index in [9.17, 15) is 4.79 Å². The highest BCUT2D eigenvalue weighted by atomic mass is 32.1. The maximum atomic E-state index is 12.3. The Morgan fingerprint density at radius 2 is 1.88 bits per heavy atom. The molecular formula is C19H16N4OS. The van der Waals surface area contributed by atoms with E-state index in [1.165, 1.54) is 15.6 Å². The van der Waals surface area contributed by atoms with E-state index in [0.29, 0.717) is 12.2 Å². The van der Waals surface area contributed by atoms with E-state index in [-0.39, 0.29) is 5.91 Å². The molecule has 0 unspecified atom stereocenters. The van der Waals surface area contributed by atoms with Crippen molar-refractivity contribution < 1.29 is 4.79 Å². The molecule has 25 heavy (non-hydrogen) atoms. The molecule has 0 aliphatic rings. The fraction of sp³-hybridized carbons (Fsp3) is 0.105. The van der Waals surface area contributed by atoms with Gasteiger partial charge in [-0.15, -0.1) is 16.4 Å². The highest BCUT2D eigenvalue weighted by Gasteiger charge is 2.11. The zero-order chi connectivity index (χ0) is 17.1. The van der Waals surface area contributed by atoms with Crippen molar-refractivity contribution in [2.45, 2.75) is 6.42 Å². The van der Waals surface area contributed by atoms with Gasteiger partial charge in [0.2, 0.25) is 0 Å². The minimum absolute atomic E-state index is 0.207. The molecule has 0 aliphatic carbocycles. The van der Waals surface area contributed by atoms with E-state index in [1.54, 1.807) is 22.2 Å². The molecule has 1 amide bonds. The molecule has 0 spiro atoms. The molecular weight excluding hydrogens is 332 g/mol. The van der Waals surface area contributed by atoms with Crippen LogP contribution in [0, 0.1) is 0 Å². The van der Waals surface area contributed by atoms with Crippen molar-refractivity contribution in [3.8, 4) is 5.69 Å². The average Bonchev–Trinajstić information content (AvgIpc) is 3.30. The van der Waals surface area contributed by atoms with Gasteiger partial charge < -0.3 is 5.32 Å². The van der Waals surface area contributed by atoms with E-state index in [0.717, 1.165) is 12.1 Å². The minimum atomic E-state index is -0.207. The number of hydrogen-bond acceptors (Lipinski definition) is 4. The molecule has 0 saturated carbocycles. The number of fused-ring (bicyclic) bond motifs is 1. The number of carbonyl (C=O) groups is 1. The first-order chi connectivity index (χ1) is 12.3. The fourth-order valence-corrected chi connectivity index (χ4v) is 3.70. The van der Waals surface area contributed by atoms with Crippen molar-refractivity contribution in [1.29, 1.82) is 0 Å². The molecule has 4 aromatic rings. The van der Waals surface area contributed by atoms with Gasteiger partial charge in [0.25, 0.3) is 5.91 Å². The van der Waals surface area contributed by atoms with Gasteiger partial charge in [0.05, 0.1) is 11.9 Å². The molecule has 124 valence electrons. The molecule has 0 aliphatic heterocycles. The van der Waals surface area contributed by atoms with Crippen molar-refractivity contribution in [1.82, 2.24) is 20.3 Å². The lowest BCUT2D eigenvalue weighted by Gasteiger charge is -2.02. The fourth-order valence-electron chi connectivity index (χ4n) is 2.70. The second-order valence-electron chi connectivity index (χ2n) is 5.65. The second-order valence-corrected chi connectivity index (χ2v) is 6.56. The molecule has 1 N–H and O–H groups in total. The summed E-state index contributed by atoms with van der Waals surface area (Å²) in [6, 6.07) is 17.9. The maximum Gasteiger partial charge on any atom is 0.273 e. The third-order valence-corrected chi connectivity index (χ3v) is 5.00. The normalized spacial score (nSPS) is 10.9. The summed E-state index contributed by atoms with van der Waals surface area (Å²) in [5.74, 6) is -0.207. The number of amides is 1. The number of para-hydroxylation sites is 1. The van der Waals surface area contributed by atoms with Crippen molar-refractivity contribution in [2.75, 3.05) is 6.54 Å². The summed E-state index contributed by atoms with van der Waals surface area (Å²) in [6.07, 6.45) is 2.44. The van der Waals surface area contributed by atoms with Crippen LogP contribution in [0.25, 0.3) is 15.8 Å². The first kappa shape index (κ1) is 15.5. The Bertz CT molecular complexity index is 1010. The first-order valence-electron chi connectivity index (χ1n) is 8.02. The van der Waals surface area contributed by atoms with E-state index >= 15 is 0 Å². The molecule has 2 heterocycles. The summed E-state index contributed by atoms with van der Waals surface area (Å²) in [4.78, 5) is 12.3. The number of nitrogens with one attached hydrogen (secondary N) is 1. The Hall–Kier alpha value is -2.99. The van der Waals surface area contributed by atoms with Crippen molar-refractivity contribution in [2.24, 2.45) is 0 Å². The van der Waals surface area contributed by atoms with Gasteiger partial charge in [-0.25, -0.2) is 4.68 Å². The second kappa shape index (κ2) is 6.86. The van der Waals surface area contributed by atoms with Gasteiger partial charge in [-0.1, -0.05) is 41.6 Å². The summed E-state index contributed by atoms with van der Waals surface area (Å²) in [5.41, 5.74) is 2.45. The Balaban J connectivity index is 1.39. The maximum absolute atomic E-state index is 12.3. The van der Waals surface area contributed by atoms with Gasteiger partial charge in [-0.2, -0.15) is 0 Å². The summed E-state index contributed by atoms with van der Waals surface area (Å²) in [5, 5.41) is 14.3. The SMILES string of the molecule is O=C(NCCc1csc2ccccc12)c1cn(-c2ccccc2)nn1. The van der Waals surface area contributed by atoms with Crippen molar-refractivity contribution in [3.63, 3.8) is 0 Å². The van der Waals surface area contributed by atoms with Gasteiger partial charge in [0.15, 0.2) is 5.69 Å². The van der Waals surface area contributed by atoms with Crippen LogP contribution in [0.2, 0.25) is 0 Å². The quantitative estimate of drug-likeness (QED) is 0.601. The van der Waals surface area contributed by atoms with Crippen molar-refractivity contribution >= 4 is 27.3 Å². The Labute approximate surface area is 148 Å². The lowest BCUT2D eigenvalue weighted by atomic mass is 10.1. The molecule has 2 aromatic heterocycles. The summed E-state index contributed by atoms with van der Waals surface area (Å²) < 4.78 is 2.87. The van der Waals surface area contributed by atoms with Crippen LogP contribution >= 0.6 is 11.3 Å². The molecule has 6 heteroatoms. The predicted molar refractivity (Wildman–Crippen MR) is 99.2 cm³/mol. The van der Waals surface area contributed by atoms with Crippen LogP contribution in [0.3, 0.4) is 0 Å². The van der Waals surface area contributed by atoms with E-state index in [2.05, 4.69) is 33.1 Å². The van der Waals surface area contributed by atoms with Gasteiger partial charge in [-0.05, 0) is 40.9 Å². The number of benzene rings is 2. The largest absolute Gasteiger partial charge is 0.350 e. The minimum Gasteiger partial charge on any atom is -0.350 e. The Kier molecular flexibility index (Phi) is 4.26. The molecule has 0 atom stereocenters. The number of carbonyl (C=O) groups excluding carboxylic acids is 1. The summed E-state index contributed by atoms with van der Waals surface area (Å²) in [6.45, 7) is 0.567. The first-order valence-corrected chi connectivity index (χ1v) is 8.90. The molecule has 5 nitrogen and oxygen atoms in total. The number of thiophene rings is 1. The number of nitrogens with zero attached hydrogens (tertiary/aromatic N) is 3. The van der Waals surface area contributed by atoms with Crippen LogP contribution in [0.1, 0.15) is 16.1 Å². The standard InChI is InChI=1S/C19H16N4OS/c24-19(17-12-23(22-21-17)15-6-2-1-3-7-15)20-11-10-14-13-25-18-9-5-4-8-16(14)18/h1-9,12-13H,10-11H2,(H,20,24). The third kappa shape index (κ3) is 3.29. The summed E-state index contributed by atoms with van der Waals surface area (Å²) >= 11 is 1.73. The van der Waals surface area contributed by atoms with Gasteiger partial charge >= 0.3 is 0 Å². The van der Waals surface area contributed by atoms with Crippen LogP contribution in [0.5, 0.6) is 0 Å². The molecule has 0 radical (unpaired) electrons. The smallest absolute Gasteiger partial charge is 0.273 e. The number of rotatable bonds is 5. The van der Waals surface area contributed by atoms with Crippen LogP contribution in [0.4, 0.5) is 0 Å². The zero-order valence-electron chi connectivity index (χ0n) is 13.4. The van der Waals surface area contributed by atoms with Crippen molar-refractivity contribution in [3.05, 3.63) is 77.4 Å².